The van der Waals surface area contributed by atoms with E-state index in [1.807, 2.05) is 50.2 Å². The molecule has 0 spiro atoms. The molecule has 0 radical (unpaired) electrons. The summed E-state index contributed by atoms with van der Waals surface area (Å²) in [7, 11) is 0. The number of benzene rings is 2. The van der Waals surface area contributed by atoms with Crippen LogP contribution in [0.5, 0.6) is 5.75 Å². The zero-order valence-electron chi connectivity index (χ0n) is 12.7. The molecule has 23 heavy (non-hydrogen) atoms. The topological polar surface area (TPSA) is 51.2 Å². The highest BCUT2D eigenvalue weighted by Crippen LogP contribution is 2.28. The highest BCUT2D eigenvalue weighted by atomic mass is 79.9. The fourth-order valence-corrected chi connectivity index (χ4v) is 3.91. The molecule has 1 heterocycles. The number of nitrogens with zero attached hydrogens (tertiary/aromatic N) is 1. The van der Waals surface area contributed by atoms with Crippen molar-refractivity contribution in [2.45, 2.75) is 13.8 Å². The number of thiazole rings is 1. The van der Waals surface area contributed by atoms with Gasteiger partial charge in [0.1, 0.15) is 5.75 Å². The number of aromatic nitrogens is 1. The number of hydrogen-bond donors (Lipinski definition) is 1. The van der Waals surface area contributed by atoms with Gasteiger partial charge in [-0.1, -0.05) is 39.4 Å². The molecular weight excluding hydrogens is 376 g/mol. The van der Waals surface area contributed by atoms with Crippen LogP contribution in [-0.4, -0.2) is 17.5 Å². The summed E-state index contributed by atoms with van der Waals surface area (Å²) < 4.78 is 7.72. The molecule has 118 valence electrons. The molecule has 0 aliphatic rings. The molecule has 1 aromatic heterocycles. The number of amides is 1. The second-order valence-electron chi connectivity index (χ2n) is 5.19. The highest BCUT2D eigenvalue weighted by molar-refractivity contribution is 9.10. The Kier molecular flexibility index (Phi) is 4.63. The second-order valence-corrected chi connectivity index (χ2v) is 7.14. The van der Waals surface area contributed by atoms with Crippen LogP contribution >= 0.6 is 27.3 Å². The SMILES string of the molecule is Cc1cc(Br)cc(C)c1OCC(=O)Nc1nc2ccccc2s1. The fourth-order valence-electron chi connectivity index (χ4n) is 2.34. The van der Waals surface area contributed by atoms with Gasteiger partial charge in [-0.3, -0.25) is 10.1 Å². The maximum absolute atomic E-state index is 12.1. The molecule has 1 amide bonds. The van der Waals surface area contributed by atoms with Gasteiger partial charge in [0.25, 0.3) is 5.91 Å². The molecule has 0 bridgehead atoms. The van der Waals surface area contributed by atoms with E-state index in [1.165, 1.54) is 11.3 Å². The largest absolute Gasteiger partial charge is 0.483 e. The van der Waals surface area contributed by atoms with Crippen LogP contribution in [-0.2, 0) is 4.79 Å². The first-order valence-corrected chi connectivity index (χ1v) is 8.69. The van der Waals surface area contributed by atoms with Crippen LogP contribution in [0.4, 0.5) is 5.13 Å². The molecule has 1 N–H and O–H groups in total. The van der Waals surface area contributed by atoms with Crippen LogP contribution < -0.4 is 10.1 Å². The lowest BCUT2D eigenvalue weighted by Crippen LogP contribution is -2.20. The average molecular weight is 391 g/mol. The number of ether oxygens (including phenoxy) is 1. The Morgan fingerprint density at radius 3 is 2.65 bits per heavy atom. The number of hydrogen-bond acceptors (Lipinski definition) is 4. The average Bonchev–Trinajstić information content (AvgIpc) is 2.88. The van der Waals surface area contributed by atoms with Gasteiger partial charge in [-0.25, -0.2) is 4.98 Å². The van der Waals surface area contributed by atoms with Gasteiger partial charge in [0.15, 0.2) is 11.7 Å². The first-order valence-electron chi connectivity index (χ1n) is 7.08. The van der Waals surface area contributed by atoms with Gasteiger partial charge in [-0.2, -0.15) is 0 Å². The lowest BCUT2D eigenvalue weighted by atomic mass is 10.1. The van der Waals surface area contributed by atoms with E-state index in [0.717, 1.165) is 31.6 Å². The molecule has 0 aliphatic heterocycles. The van der Waals surface area contributed by atoms with E-state index in [2.05, 4.69) is 26.2 Å². The number of anilines is 1. The first-order chi connectivity index (χ1) is 11.0. The van der Waals surface area contributed by atoms with Gasteiger partial charge < -0.3 is 4.74 Å². The van der Waals surface area contributed by atoms with E-state index < -0.39 is 0 Å². The lowest BCUT2D eigenvalue weighted by Gasteiger charge is -2.12. The van der Waals surface area contributed by atoms with Crippen LogP contribution in [0.1, 0.15) is 11.1 Å². The maximum atomic E-state index is 12.1. The Labute approximate surface area is 146 Å². The summed E-state index contributed by atoms with van der Waals surface area (Å²) in [6, 6.07) is 11.7. The summed E-state index contributed by atoms with van der Waals surface area (Å²) in [5, 5.41) is 3.37. The molecular formula is C17H15BrN2O2S. The van der Waals surface area contributed by atoms with Crippen LogP contribution in [0.3, 0.4) is 0 Å². The smallest absolute Gasteiger partial charge is 0.264 e. The van der Waals surface area contributed by atoms with Crippen molar-refractivity contribution in [1.29, 1.82) is 0 Å². The van der Waals surface area contributed by atoms with Crippen molar-refractivity contribution in [3.05, 3.63) is 52.0 Å². The molecule has 3 aromatic rings. The van der Waals surface area contributed by atoms with Crippen molar-refractivity contribution in [2.75, 3.05) is 11.9 Å². The predicted octanol–water partition coefficient (Wildman–Crippen LogP) is 4.69. The van der Waals surface area contributed by atoms with E-state index in [1.54, 1.807) is 0 Å². The Bertz CT molecular complexity index is 820. The minimum absolute atomic E-state index is 0.0424. The van der Waals surface area contributed by atoms with E-state index in [0.29, 0.717) is 5.13 Å². The van der Waals surface area contributed by atoms with Gasteiger partial charge >= 0.3 is 0 Å². The summed E-state index contributed by atoms with van der Waals surface area (Å²) in [6.07, 6.45) is 0. The van der Waals surface area contributed by atoms with E-state index >= 15 is 0 Å². The van der Waals surface area contributed by atoms with Crippen LogP contribution in [0, 0.1) is 13.8 Å². The molecule has 6 heteroatoms. The Balaban J connectivity index is 1.66. The normalized spacial score (nSPS) is 10.7. The molecule has 0 unspecified atom stereocenters. The molecule has 0 atom stereocenters. The van der Waals surface area contributed by atoms with Crippen molar-refractivity contribution in [1.82, 2.24) is 4.98 Å². The van der Waals surface area contributed by atoms with Crippen molar-refractivity contribution >= 4 is 48.5 Å². The standard InChI is InChI=1S/C17H15BrN2O2S/c1-10-7-12(18)8-11(2)16(10)22-9-15(21)20-17-19-13-5-3-4-6-14(13)23-17/h3-8H,9H2,1-2H3,(H,19,20,21). The summed E-state index contributed by atoms with van der Waals surface area (Å²) >= 11 is 4.90. The third-order valence-electron chi connectivity index (χ3n) is 3.31. The van der Waals surface area contributed by atoms with Gasteiger partial charge in [0.05, 0.1) is 10.2 Å². The number of carbonyl (C=O) groups excluding carboxylic acids is 1. The minimum Gasteiger partial charge on any atom is -0.483 e. The molecule has 0 aliphatic carbocycles. The Morgan fingerprint density at radius 2 is 1.96 bits per heavy atom. The fraction of sp³-hybridized carbons (Fsp3) is 0.176. The van der Waals surface area contributed by atoms with E-state index in [9.17, 15) is 4.79 Å². The summed E-state index contributed by atoms with van der Waals surface area (Å²) in [4.78, 5) is 16.5. The number of carbonyl (C=O) groups is 1. The van der Waals surface area contributed by atoms with Gasteiger partial charge in [0, 0.05) is 4.47 Å². The Hall–Kier alpha value is -1.92. The number of rotatable bonds is 4. The zero-order valence-corrected chi connectivity index (χ0v) is 15.1. The summed E-state index contributed by atoms with van der Waals surface area (Å²) in [5.74, 6) is 0.526. The highest BCUT2D eigenvalue weighted by Gasteiger charge is 2.11. The number of para-hydroxylation sites is 1. The minimum atomic E-state index is -0.217. The second kappa shape index (κ2) is 6.68. The number of halogens is 1. The van der Waals surface area contributed by atoms with Crippen molar-refractivity contribution in [3.63, 3.8) is 0 Å². The van der Waals surface area contributed by atoms with Crippen molar-refractivity contribution in [3.8, 4) is 5.75 Å². The van der Waals surface area contributed by atoms with Gasteiger partial charge in [-0.15, -0.1) is 0 Å². The van der Waals surface area contributed by atoms with Crippen LogP contribution in [0.25, 0.3) is 10.2 Å². The Morgan fingerprint density at radius 1 is 1.26 bits per heavy atom. The van der Waals surface area contributed by atoms with E-state index in [-0.39, 0.29) is 12.5 Å². The summed E-state index contributed by atoms with van der Waals surface area (Å²) in [6.45, 7) is 3.87. The molecule has 4 nitrogen and oxygen atoms in total. The summed E-state index contributed by atoms with van der Waals surface area (Å²) in [5.41, 5.74) is 2.86. The van der Waals surface area contributed by atoms with Crippen LogP contribution in [0.15, 0.2) is 40.9 Å². The monoisotopic (exact) mass is 390 g/mol. The quantitative estimate of drug-likeness (QED) is 0.702. The van der Waals surface area contributed by atoms with Crippen LogP contribution in [0.2, 0.25) is 0 Å². The maximum Gasteiger partial charge on any atom is 0.264 e. The number of nitrogens with one attached hydrogen (secondary N) is 1. The van der Waals surface area contributed by atoms with Gasteiger partial charge in [-0.05, 0) is 49.2 Å². The third kappa shape index (κ3) is 3.71. The third-order valence-corrected chi connectivity index (χ3v) is 4.72. The molecule has 3 rings (SSSR count). The van der Waals surface area contributed by atoms with E-state index in [4.69, 9.17) is 4.74 Å². The van der Waals surface area contributed by atoms with Crippen molar-refractivity contribution in [2.24, 2.45) is 0 Å². The van der Waals surface area contributed by atoms with Gasteiger partial charge in [0.2, 0.25) is 0 Å². The molecule has 0 fully saturated rings. The molecule has 0 saturated carbocycles. The predicted molar refractivity (Wildman–Crippen MR) is 97.4 cm³/mol. The van der Waals surface area contributed by atoms with Crippen molar-refractivity contribution < 1.29 is 9.53 Å². The molecule has 0 saturated heterocycles. The number of aryl methyl sites for hydroxylation is 2. The molecule has 2 aromatic carbocycles. The lowest BCUT2D eigenvalue weighted by molar-refractivity contribution is -0.118. The number of fused-ring (bicyclic) bond motifs is 1. The first kappa shape index (κ1) is 16.0. The zero-order chi connectivity index (χ0) is 16.4.